The van der Waals surface area contributed by atoms with Crippen LogP contribution in [0.5, 0.6) is 0 Å². The van der Waals surface area contributed by atoms with E-state index in [4.69, 9.17) is 23.2 Å². The van der Waals surface area contributed by atoms with Gasteiger partial charge in [-0.15, -0.1) is 0 Å². The van der Waals surface area contributed by atoms with Gasteiger partial charge in [0.05, 0.1) is 5.54 Å². The predicted octanol–water partition coefficient (Wildman–Crippen LogP) is 6.68. The number of fused-ring (bicyclic) bond motifs is 4. The van der Waals surface area contributed by atoms with Crippen LogP contribution in [0, 0.1) is 19.8 Å². The van der Waals surface area contributed by atoms with Crippen LogP contribution in [0.4, 0.5) is 11.4 Å². The monoisotopic (exact) mass is 386 g/mol. The molecular formula is C22H24Cl2N2. The number of benzene rings is 2. The van der Waals surface area contributed by atoms with E-state index in [0.29, 0.717) is 5.92 Å². The van der Waals surface area contributed by atoms with Crippen molar-refractivity contribution < 1.29 is 0 Å². The molecule has 2 unspecified atom stereocenters. The molecule has 2 N–H and O–H groups in total. The minimum Gasteiger partial charge on any atom is -0.379 e. The highest BCUT2D eigenvalue weighted by Gasteiger charge is 2.63. The van der Waals surface area contributed by atoms with Crippen LogP contribution in [0.3, 0.4) is 0 Å². The van der Waals surface area contributed by atoms with Gasteiger partial charge in [0.1, 0.15) is 0 Å². The molecule has 2 fully saturated rings. The highest BCUT2D eigenvalue weighted by atomic mass is 35.5. The van der Waals surface area contributed by atoms with Gasteiger partial charge in [-0.1, -0.05) is 35.3 Å². The molecule has 1 heterocycles. The summed E-state index contributed by atoms with van der Waals surface area (Å²) in [6, 6.07) is 10.7. The Hall–Kier alpha value is -1.38. The first-order chi connectivity index (χ1) is 12.4. The number of hydrogen-bond donors (Lipinski definition) is 2. The molecule has 5 rings (SSSR count). The van der Waals surface area contributed by atoms with Crippen molar-refractivity contribution in [3.63, 3.8) is 0 Å². The van der Waals surface area contributed by atoms with E-state index >= 15 is 0 Å². The van der Waals surface area contributed by atoms with Gasteiger partial charge in [-0.3, -0.25) is 0 Å². The summed E-state index contributed by atoms with van der Waals surface area (Å²) in [5.74, 6) is 0.608. The molecule has 0 aromatic heterocycles. The first-order valence-corrected chi connectivity index (χ1v) is 10.3. The van der Waals surface area contributed by atoms with Crippen molar-refractivity contribution in [2.24, 2.45) is 5.92 Å². The normalized spacial score (nSPS) is 27.6. The van der Waals surface area contributed by atoms with E-state index in [-0.39, 0.29) is 11.1 Å². The van der Waals surface area contributed by atoms with Crippen LogP contribution in [-0.2, 0) is 5.54 Å². The van der Waals surface area contributed by atoms with Crippen molar-refractivity contribution in [3.05, 3.63) is 57.1 Å². The minimum atomic E-state index is -0.0189. The number of hydrogen-bond acceptors (Lipinski definition) is 2. The second kappa shape index (κ2) is 5.56. The van der Waals surface area contributed by atoms with Crippen molar-refractivity contribution in [1.29, 1.82) is 0 Å². The molecule has 2 nitrogen and oxygen atoms in total. The first-order valence-electron chi connectivity index (χ1n) is 9.57. The van der Waals surface area contributed by atoms with Gasteiger partial charge >= 0.3 is 0 Å². The molecule has 0 radical (unpaired) electrons. The topological polar surface area (TPSA) is 24.1 Å². The van der Waals surface area contributed by atoms with Gasteiger partial charge in [0.2, 0.25) is 0 Å². The molecule has 0 saturated heterocycles. The van der Waals surface area contributed by atoms with Crippen molar-refractivity contribution in [1.82, 2.24) is 0 Å². The zero-order valence-electron chi connectivity index (χ0n) is 15.3. The Bertz CT molecular complexity index is 903. The number of rotatable bonds is 2. The van der Waals surface area contributed by atoms with Crippen LogP contribution < -0.4 is 10.6 Å². The Kier molecular flexibility index (Phi) is 3.59. The van der Waals surface area contributed by atoms with Crippen molar-refractivity contribution in [2.75, 3.05) is 10.6 Å². The second-order valence-electron chi connectivity index (χ2n) is 8.43. The highest BCUT2D eigenvalue weighted by Crippen LogP contribution is 2.64. The van der Waals surface area contributed by atoms with Crippen molar-refractivity contribution >= 4 is 34.6 Å². The summed E-state index contributed by atoms with van der Waals surface area (Å²) in [6.45, 7) is 4.14. The van der Waals surface area contributed by atoms with Gasteiger partial charge in [-0.25, -0.2) is 0 Å². The lowest BCUT2D eigenvalue weighted by Gasteiger charge is -2.66. The van der Waals surface area contributed by atoms with Gasteiger partial charge in [-0.05, 0) is 75.3 Å². The summed E-state index contributed by atoms with van der Waals surface area (Å²) >= 11 is 12.9. The lowest BCUT2D eigenvalue weighted by molar-refractivity contribution is 0.0197. The summed E-state index contributed by atoms with van der Waals surface area (Å²) in [5.41, 5.74) is 6.15. The largest absolute Gasteiger partial charge is 0.379 e. The Morgan fingerprint density at radius 2 is 1.77 bits per heavy atom. The molecule has 2 aromatic rings. The van der Waals surface area contributed by atoms with Gasteiger partial charge in [-0.2, -0.15) is 0 Å². The van der Waals surface area contributed by atoms with E-state index in [0.717, 1.165) is 33.3 Å². The second-order valence-corrected chi connectivity index (χ2v) is 9.25. The maximum atomic E-state index is 6.47. The van der Waals surface area contributed by atoms with Crippen LogP contribution in [-0.4, -0.2) is 5.54 Å². The average molecular weight is 387 g/mol. The molecule has 2 aliphatic carbocycles. The molecule has 136 valence electrons. The minimum absolute atomic E-state index is 0.0189. The summed E-state index contributed by atoms with van der Waals surface area (Å²) in [4.78, 5) is 0. The molecule has 2 saturated carbocycles. The van der Waals surface area contributed by atoms with Gasteiger partial charge in [0.25, 0.3) is 0 Å². The van der Waals surface area contributed by atoms with E-state index in [1.54, 1.807) is 0 Å². The summed E-state index contributed by atoms with van der Waals surface area (Å²) < 4.78 is 0. The smallest absolute Gasteiger partial charge is 0.0695 e. The van der Waals surface area contributed by atoms with E-state index in [2.05, 4.69) is 47.9 Å². The third-order valence-electron chi connectivity index (χ3n) is 7.04. The van der Waals surface area contributed by atoms with Crippen LogP contribution in [0.15, 0.2) is 30.3 Å². The maximum Gasteiger partial charge on any atom is 0.0695 e. The van der Waals surface area contributed by atoms with Gasteiger partial charge in [0.15, 0.2) is 0 Å². The van der Waals surface area contributed by atoms with E-state index in [1.165, 1.54) is 36.9 Å². The SMILES string of the molecule is Cc1ccc(NC23CCC2C2(CCC2)Nc2cc(Cl)c(C)cc23)cc1Cl. The number of nitrogens with one attached hydrogen (secondary N) is 2. The number of anilines is 2. The predicted molar refractivity (Wildman–Crippen MR) is 111 cm³/mol. The lowest BCUT2D eigenvalue weighted by Crippen LogP contribution is -2.68. The zero-order chi connectivity index (χ0) is 18.1. The molecule has 3 aliphatic rings. The fourth-order valence-corrected chi connectivity index (χ4v) is 5.68. The molecule has 2 aromatic carbocycles. The first kappa shape index (κ1) is 16.8. The van der Waals surface area contributed by atoms with Crippen LogP contribution in [0.2, 0.25) is 10.0 Å². The van der Waals surface area contributed by atoms with E-state index in [1.807, 2.05) is 6.92 Å². The Labute approximate surface area is 165 Å². The fourth-order valence-electron chi connectivity index (χ4n) is 5.33. The fraction of sp³-hybridized carbons (Fsp3) is 0.455. The molecular weight excluding hydrogens is 363 g/mol. The molecule has 4 heteroatoms. The summed E-state index contributed by atoms with van der Waals surface area (Å²) in [7, 11) is 0. The molecule has 26 heavy (non-hydrogen) atoms. The maximum absolute atomic E-state index is 6.47. The molecule has 0 bridgehead atoms. The number of aryl methyl sites for hydroxylation is 2. The van der Waals surface area contributed by atoms with Gasteiger partial charge in [0, 0.05) is 38.4 Å². The molecule has 1 spiro atoms. The van der Waals surface area contributed by atoms with Gasteiger partial charge < -0.3 is 10.6 Å². The van der Waals surface area contributed by atoms with Crippen molar-refractivity contribution in [3.8, 4) is 0 Å². The molecule has 2 atom stereocenters. The Balaban J connectivity index is 1.64. The zero-order valence-corrected chi connectivity index (χ0v) is 16.8. The Morgan fingerprint density at radius 3 is 2.38 bits per heavy atom. The van der Waals surface area contributed by atoms with Crippen LogP contribution in [0.1, 0.15) is 48.8 Å². The highest BCUT2D eigenvalue weighted by molar-refractivity contribution is 6.32. The summed E-state index contributed by atoms with van der Waals surface area (Å²) in [5, 5.41) is 9.48. The third-order valence-corrected chi connectivity index (χ3v) is 7.85. The Morgan fingerprint density at radius 1 is 1.00 bits per heavy atom. The quantitative estimate of drug-likeness (QED) is 0.601. The van der Waals surface area contributed by atoms with Crippen LogP contribution in [0.25, 0.3) is 0 Å². The molecule has 1 aliphatic heterocycles. The standard InChI is InChI=1S/C22H24Cl2N2/c1-13-4-5-15(11-17(13)23)25-22-9-6-20(22)21(7-3-8-21)26-19-12-18(24)14(2)10-16(19)22/h4-5,10-12,20,25-26H,3,6-9H2,1-2H3. The third kappa shape index (κ3) is 2.18. The summed E-state index contributed by atoms with van der Waals surface area (Å²) in [6.07, 6.45) is 6.23. The van der Waals surface area contributed by atoms with E-state index < -0.39 is 0 Å². The number of halogens is 2. The van der Waals surface area contributed by atoms with Crippen LogP contribution >= 0.6 is 23.2 Å². The van der Waals surface area contributed by atoms with Crippen molar-refractivity contribution in [2.45, 2.75) is 57.0 Å². The van der Waals surface area contributed by atoms with E-state index in [9.17, 15) is 0 Å². The molecule has 0 amide bonds. The lowest BCUT2D eigenvalue weighted by atomic mass is 9.48. The average Bonchev–Trinajstić information content (AvgIpc) is 2.55.